The number of carbonyl (C=O) groups excluding carboxylic acids is 1. The van der Waals surface area contributed by atoms with E-state index >= 15 is 0 Å². The van der Waals surface area contributed by atoms with Crippen molar-refractivity contribution in [2.75, 3.05) is 11.9 Å². The number of carbonyl (C=O) groups is 1. The molecular weight excluding hydrogens is 216 g/mol. The van der Waals surface area contributed by atoms with Crippen LogP contribution < -0.4 is 10.6 Å². The summed E-state index contributed by atoms with van der Waals surface area (Å²) in [6, 6.07) is 7.94. The van der Waals surface area contributed by atoms with Crippen LogP contribution in [0, 0.1) is 0 Å². The molecule has 0 aliphatic heterocycles. The number of amides is 1. The van der Waals surface area contributed by atoms with Gasteiger partial charge in [-0.25, -0.2) is 4.98 Å². The molecule has 90 valence electrons. The number of aromatic amines is 1. The molecule has 1 aromatic heterocycles. The van der Waals surface area contributed by atoms with E-state index in [1.54, 1.807) is 0 Å². The molecule has 0 bridgehead atoms. The molecule has 1 heterocycles. The third-order valence-electron chi connectivity index (χ3n) is 2.32. The summed E-state index contributed by atoms with van der Waals surface area (Å²) in [7, 11) is 0. The van der Waals surface area contributed by atoms with Crippen LogP contribution in [0.25, 0.3) is 11.0 Å². The highest BCUT2D eigenvalue weighted by atomic mass is 16.2. The maximum atomic E-state index is 11.6. The number of H-pyrrole nitrogens is 1. The van der Waals surface area contributed by atoms with Crippen LogP contribution in [0.1, 0.15) is 13.8 Å². The predicted octanol–water partition coefficient (Wildman–Crippen LogP) is 1.50. The Morgan fingerprint density at radius 2 is 2.18 bits per heavy atom. The Kier molecular flexibility index (Phi) is 3.39. The Bertz CT molecular complexity index is 485. The highest BCUT2D eigenvalue weighted by molar-refractivity contribution is 5.92. The van der Waals surface area contributed by atoms with Gasteiger partial charge in [-0.05, 0) is 12.1 Å². The molecule has 1 amide bonds. The minimum atomic E-state index is -0.0993. The molecule has 0 saturated heterocycles. The molecule has 2 rings (SSSR count). The fourth-order valence-electron chi connectivity index (χ4n) is 1.49. The van der Waals surface area contributed by atoms with Gasteiger partial charge in [0, 0.05) is 6.04 Å². The summed E-state index contributed by atoms with van der Waals surface area (Å²) in [5, 5.41) is 5.76. The van der Waals surface area contributed by atoms with Crippen LogP contribution in [0.2, 0.25) is 0 Å². The maximum absolute atomic E-state index is 11.6. The number of rotatable bonds is 4. The van der Waals surface area contributed by atoms with Gasteiger partial charge in [0.05, 0.1) is 17.6 Å². The van der Waals surface area contributed by atoms with Crippen molar-refractivity contribution in [2.24, 2.45) is 0 Å². The van der Waals surface area contributed by atoms with Crippen molar-refractivity contribution in [3.63, 3.8) is 0 Å². The lowest BCUT2D eigenvalue weighted by Crippen LogP contribution is -2.32. The van der Waals surface area contributed by atoms with Gasteiger partial charge >= 0.3 is 0 Å². The van der Waals surface area contributed by atoms with E-state index in [2.05, 4.69) is 20.6 Å². The third kappa shape index (κ3) is 3.04. The van der Waals surface area contributed by atoms with E-state index in [0.29, 0.717) is 5.95 Å². The van der Waals surface area contributed by atoms with Gasteiger partial charge in [0.15, 0.2) is 0 Å². The molecule has 17 heavy (non-hydrogen) atoms. The first kappa shape index (κ1) is 11.6. The van der Waals surface area contributed by atoms with Gasteiger partial charge < -0.3 is 10.3 Å². The summed E-state index contributed by atoms with van der Waals surface area (Å²) in [5.41, 5.74) is 1.76. The Labute approximate surface area is 99.6 Å². The van der Waals surface area contributed by atoms with E-state index < -0.39 is 0 Å². The van der Waals surface area contributed by atoms with Crippen molar-refractivity contribution in [1.29, 1.82) is 0 Å². The van der Waals surface area contributed by atoms with Gasteiger partial charge in [-0.3, -0.25) is 10.1 Å². The fourth-order valence-corrected chi connectivity index (χ4v) is 1.49. The van der Waals surface area contributed by atoms with Gasteiger partial charge in [-0.2, -0.15) is 0 Å². The van der Waals surface area contributed by atoms with Crippen LogP contribution in [-0.2, 0) is 4.79 Å². The summed E-state index contributed by atoms with van der Waals surface area (Å²) in [4.78, 5) is 18.9. The van der Waals surface area contributed by atoms with E-state index in [4.69, 9.17) is 0 Å². The minimum absolute atomic E-state index is 0.0993. The highest BCUT2D eigenvalue weighted by Crippen LogP contribution is 2.12. The van der Waals surface area contributed by atoms with Crippen LogP contribution in [-0.4, -0.2) is 28.5 Å². The summed E-state index contributed by atoms with van der Waals surface area (Å²) >= 11 is 0. The van der Waals surface area contributed by atoms with Crippen molar-refractivity contribution in [3.05, 3.63) is 24.3 Å². The first-order chi connectivity index (χ1) is 8.15. The molecule has 0 radical (unpaired) electrons. The molecule has 3 N–H and O–H groups in total. The fraction of sp³-hybridized carbons (Fsp3) is 0.333. The minimum Gasteiger partial charge on any atom is -0.324 e. The lowest BCUT2D eigenvalue weighted by Gasteiger charge is -2.06. The van der Waals surface area contributed by atoms with E-state index in [9.17, 15) is 4.79 Å². The maximum Gasteiger partial charge on any atom is 0.240 e. The number of nitrogens with zero attached hydrogens (tertiary/aromatic N) is 1. The molecule has 0 aliphatic carbocycles. The predicted molar refractivity (Wildman–Crippen MR) is 67.9 cm³/mol. The Morgan fingerprint density at radius 1 is 1.41 bits per heavy atom. The van der Waals surface area contributed by atoms with Crippen LogP contribution in [0.3, 0.4) is 0 Å². The smallest absolute Gasteiger partial charge is 0.240 e. The number of imidazole rings is 1. The van der Waals surface area contributed by atoms with Crippen molar-refractivity contribution < 1.29 is 4.79 Å². The molecule has 2 aromatic rings. The summed E-state index contributed by atoms with van der Waals surface area (Å²) in [6.45, 7) is 4.28. The summed E-state index contributed by atoms with van der Waals surface area (Å²) in [6.07, 6.45) is 0. The largest absolute Gasteiger partial charge is 0.324 e. The second-order valence-corrected chi connectivity index (χ2v) is 4.19. The lowest BCUT2D eigenvalue weighted by atomic mass is 10.3. The van der Waals surface area contributed by atoms with Crippen molar-refractivity contribution in [3.8, 4) is 0 Å². The zero-order valence-corrected chi connectivity index (χ0v) is 9.95. The van der Waals surface area contributed by atoms with Crippen molar-refractivity contribution >= 4 is 22.9 Å². The number of hydrogen-bond acceptors (Lipinski definition) is 3. The SMILES string of the molecule is CC(C)NCC(=O)Nc1nc2ccccc2[nH]1. The average molecular weight is 232 g/mol. The summed E-state index contributed by atoms with van der Waals surface area (Å²) in [5.74, 6) is 0.388. The highest BCUT2D eigenvalue weighted by Gasteiger charge is 2.06. The van der Waals surface area contributed by atoms with E-state index in [1.165, 1.54) is 0 Å². The number of benzene rings is 1. The number of anilines is 1. The first-order valence-corrected chi connectivity index (χ1v) is 5.63. The van der Waals surface area contributed by atoms with Crippen LogP contribution >= 0.6 is 0 Å². The zero-order chi connectivity index (χ0) is 12.3. The number of hydrogen-bond donors (Lipinski definition) is 3. The van der Waals surface area contributed by atoms with Crippen molar-refractivity contribution in [2.45, 2.75) is 19.9 Å². The van der Waals surface area contributed by atoms with Gasteiger partial charge in [-0.15, -0.1) is 0 Å². The molecular formula is C12H16N4O. The average Bonchev–Trinajstić information content (AvgIpc) is 2.68. The Balaban J connectivity index is 2.01. The van der Waals surface area contributed by atoms with Gasteiger partial charge in [-0.1, -0.05) is 26.0 Å². The topological polar surface area (TPSA) is 69.8 Å². The van der Waals surface area contributed by atoms with Crippen molar-refractivity contribution in [1.82, 2.24) is 15.3 Å². The molecule has 0 fully saturated rings. The van der Waals surface area contributed by atoms with Crippen LogP contribution in [0.5, 0.6) is 0 Å². The number of fused-ring (bicyclic) bond motifs is 1. The second-order valence-electron chi connectivity index (χ2n) is 4.19. The van der Waals surface area contributed by atoms with E-state index in [0.717, 1.165) is 11.0 Å². The summed E-state index contributed by atoms with van der Waals surface area (Å²) < 4.78 is 0. The standard InChI is InChI=1S/C12H16N4O/c1-8(2)13-7-11(17)16-12-14-9-5-3-4-6-10(9)15-12/h3-6,8,13H,7H2,1-2H3,(H2,14,15,16,17). The molecule has 5 nitrogen and oxygen atoms in total. The number of aromatic nitrogens is 2. The monoisotopic (exact) mass is 232 g/mol. The van der Waals surface area contributed by atoms with E-state index in [-0.39, 0.29) is 18.5 Å². The van der Waals surface area contributed by atoms with E-state index in [1.807, 2.05) is 38.1 Å². The van der Waals surface area contributed by atoms with Crippen LogP contribution in [0.15, 0.2) is 24.3 Å². The molecule has 5 heteroatoms. The lowest BCUT2D eigenvalue weighted by molar-refractivity contribution is -0.115. The molecule has 0 atom stereocenters. The first-order valence-electron chi connectivity index (χ1n) is 5.63. The zero-order valence-electron chi connectivity index (χ0n) is 9.95. The van der Waals surface area contributed by atoms with Gasteiger partial charge in [0.2, 0.25) is 11.9 Å². The Morgan fingerprint density at radius 3 is 2.88 bits per heavy atom. The van der Waals surface area contributed by atoms with Crippen LogP contribution in [0.4, 0.5) is 5.95 Å². The Hall–Kier alpha value is -1.88. The van der Waals surface area contributed by atoms with Gasteiger partial charge in [0.25, 0.3) is 0 Å². The number of nitrogens with one attached hydrogen (secondary N) is 3. The third-order valence-corrected chi connectivity index (χ3v) is 2.32. The van der Waals surface area contributed by atoms with Gasteiger partial charge in [0.1, 0.15) is 0 Å². The number of para-hydroxylation sites is 2. The molecule has 0 unspecified atom stereocenters. The normalized spacial score (nSPS) is 11.0. The second kappa shape index (κ2) is 4.97. The molecule has 1 aromatic carbocycles. The quantitative estimate of drug-likeness (QED) is 0.748. The molecule has 0 saturated carbocycles. The molecule has 0 aliphatic rings. The molecule has 0 spiro atoms.